The van der Waals surface area contributed by atoms with E-state index >= 15 is 0 Å². The number of esters is 1. The molecule has 0 saturated heterocycles. The first-order valence-corrected chi connectivity index (χ1v) is 7.30. The van der Waals surface area contributed by atoms with Gasteiger partial charge in [-0.3, -0.25) is 10.1 Å². The molecule has 0 aliphatic heterocycles. The molecule has 7 heteroatoms. The van der Waals surface area contributed by atoms with Crippen LogP contribution in [-0.2, 0) is 9.53 Å². The predicted molar refractivity (Wildman–Crippen MR) is 84.3 cm³/mol. The van der Waals surface area contributed by atoms with Crippen LogP contribution in [0.15, 0.2) is 24.3 Å². The van der Waals surface area contributed by atoms with Gasteiger partial charge in [0, 0.05) is 7.05 Å². The summed E-state index contributed by atoms with van der Waals surface area (Å²) in [7, 11) is 1.38. The first kappa shape index (κ1) is 18.5. The lowest BCUT2D eigenvalue weighted by Crippen LogP contribution is -2.43. The zero-order valence-electron chi connectivity index (χ0n) is 13.7. The van der Waals surface area contributed by atoms with Crippen LogP contribution in [0.25, 0.3) is 0 Å². The Morgan fingerprint density at radius 3 is 2.48 bits per heavy atom. The average Bonchev–Trinajstić information content (AvgIpc) is 2.52. The normalized spacial score (nSPS) is 11.5. The Labute approximate surface area is 135 Å². The Morgan fingerprint density at radius 2 is 1.87 bits per heavy atom. The number of imide groups is 1. The minimum Gasteiger partial charge on any atom is -0.493 e. The van der Waals surface area contributed by atoms with E-state index in [0.29, 0.717) is 18.3 Å². The van der Waals surface area contributed by atoms with Crippen LogP contribution in [0, 0.1) is 5.92 Å². The van der Waals surface area contributed by atoms with Crippen molar-refractivity contribution in [1.29, 1.82) is 0 Å². The smallest absolute Gasteiger partial charge is 0.339 e. The van der Waals surface area contributed by atoms with Crippen molar-refractivity contribution in [2.24, 2.45) is 5.92 Å². The maximum absolute atomic E-state index is 12.0. The number of carbonyl (C=O) groups excluding carboxylic acids is 3. The molecule has 2 N–H and O–H groups in total. The van der Waals surface area contributed by atoms with E-state index < -0.39 is 24.0 Å². The third-order valence-corrected chi connectivity index (χ3v) is 2.77. The number of nitrogens with one attached hydrogen (secondary N) is 2. The molecule has 1 aromatic carbocycles. The van der Waals surface area contributed by atoms with Crippen molar-refractivity contribution in [3.63, 3.8) is 0 Å². The molecule has 0 heterocycles. The van der Waals surface area contributed by atoms with Gasteiger partial charge in [-0.15, -0.1) is 0 Å². The summed E-state index contributed by atoms with van der Waals surface area (Å²) >= 11 is 0. The van der Waals surface area contributed by atoms with Crippen molar-refractivity contribution in [2.45, 2.75) is 26.9 Å². The summed E-state index contributed by atoms with van der Waals surface area (Å²) in [6.07, 6.45) is -1.10. The predicted octanol–water partition coefficient (Wildman–Crippen LogP) is 1.72. The number of carbonyl (C=O) groups is 3. The molecular weight excluding hydrogens is 300 g/mol. The van der Waals surface area contributed by atoms with E-state index in [0.717, 1.165) is 0 Å². The van der Waals surface area contributed by atoms with Crippen LogP contribution >= 0.6 is 0 Å². The van der Waals surface area contributed by atoms with Gasteiger partial charge in [-0.2, -0.15) is 0 Å². The molecule has 1 aromatic rings. The van der Waals surface area contributed by atoms with Crippen LogP contribution in [0.1, 0.15) is 31.1 Å². The topological polar surface area (TPSA) is 93.7 Å². The largest absolute Gasteiger partial charge is 0.493 e. The Morgan fingerprint density at radius 1 is 1.17 bits per heavy atom. The number of hydrogen-bond acceptors (Lipinski definition) is 5. The Kier molecular flexibility index (Phi) is 7.05. The molecular formula is C16H22N2O5. The summed E-state index contributed by atoms with van der Waals surface area (Å²) in [5, 5.41) is 4.28. The highest BCUT2D eigenvalue weighted by Crippen LogP contribution is 2.15. The fourth-order valence-corrected chi connectivity index (χ4v) is 1.53. The zero-order chi connectivity index (χ0) is 17.4. The highest BCUT2D eigenvalue weighted by molar-refractivity contribution is 5.98. The molecule has 7 nitrogen and oxygen atoms in total. The minimum atomic E-state index is -1.10. The summed E-state index contributed by atoms with van der Waals surface area (Å²) in [6.45, 7) is 5.95. The number of hydrogen-bond donors (Lipinski definition) is 2. The maximum Gasteiger partial charge on any atom is 0.339 e. The Hall–Kier alpha value is -2.57. The fourth-order valence-electron chi connectivity index (χ4n) is 1.53. The molecule has 3 amide bonds. The second kappa shape index (κ2) is 8.77. The van der Waals surface area contributed by atoms with Gasteiger partial charge in [0.2, 0.25) is 0 Å². The van der Waals surface area contributed by atoms with Gasteiger partial charge in [-0.1, -0.05) is 19.9 Å². The van der Waals surface area contributed by atoms with Crippen LogP contribution in [0.2, 0.25) is 0 Å². The van der Waals surface area contributed by atoms with Crippen LogP contribution in [0.3, 0.4) is 0 Å². The fraction of sp³-hybridized carbons (Fsp3) is 0.438. The molecule has 0 bridgehead atoms. The minimum absolute atomic E-state index is 0.269. The highest BCUT2D eigenvalue weighted by atomic mass is 16.5. The molecule has 0 aliphatic carbocycles. The van der Waals surface area contributed by atoms with Gasteiger partial charge < -0.3 is 14.8 Å². The molecule has 0 unspecified atom stereocenters. The summed E-state index contributed by atoms with van der Waals surface area (Å²) in [6, 6.07) is 5.85. The number of ether oxygens (including phenoxy) is 2. The molecule has 1 rings (SSSR count). The number of rotatable bonds is 6. The summed E-state index contributed by atoms with van der Waals surface area (Å²) in [4.78, 5) is 34.8. The van der Waals surface area contributed by atoms with Gasteiger partial charge in [0.15, 0.2) is 6.10 Å². The lowest BCUT2D eigenvalue weighted by atomic mass is 10.2. The average molecular weight is 322 g/mol. The Balaban J connectivity index is 2.65. The van der Waals surface area contributed by atoms with Crippen LogP contribution in [0.4, 0.5) is 4.79 Å². The van der Waals surface area contributed by atoms with E-state index in [9.17, 15) is 14.4 Å². The van der Waals surface area contributed by atoms with Crippen molar-refractivity contribution in [3.05, 3.63) is 29.8 Å². The van der Waals surface area contributed by atoms with E-state index in [2.05, 4.69) is 5.32 Å². The first-order valence-electron chi connectivity index (χ1n) is 7.30. The third kappa shape index (κ3) is 6.37. The second-order valence-electron chi connectivity index (χ2n) is 5.35. The molecule has 0 saturated carbocycles. The lowest BCUT2D eigenvalue weighted by Gasteiger charge is -2.13. The number of urea groups is 1. The highest BCUT2D eigenvalue weighted by Gasteiger charge is 2.20. The molecule has 23 heavy (non-hydrogen) atoms. The van der Waals surface area contributed by atoms with Crippen molar-refractivity contribution in [3.8, 4) is 5.75 Å². The van der Waals surface area contributed by atoms with Crippen molar-refractivity contribution in [2.75, 3.05) is 13.7 Å². The van der Waals surface area contributed by atoms with E-state index in [1.807, 2.05) is 19.2 Å². The van der Waals surface area contributed by atoms with Gasteiger partial charge >= 0.3 is 12.0 Å². The van der Waals surface area contributed by atoms with Gasteiger partial charge in [0.05, 0.1) is 12.2 Å². The Bertz CT molecular complexity index is 571. The third-order valence-electron chi connectivity index (χ3n) is 2.77. The van der Waals surface area contributed by atoms with Gasteiger partial charge in [0.1, 0.15) is 5.75 Å². The van der Waals surface area contributed by atoms with Crippen molar-refractivity contribution < 1.29 is 23.9 Å². The van der Waals surface area contributed by atoms with Crippen molar-refractivity contribution >= 4 is 17.9 Å². The van der Waals surface area contributed by atoms with E-state index in [1.54, 1.807) is 24.3 Å². The quantitative estimate of drug-likeness (QED) is 0.778. The SMILES string of the molecule is CNC(=O)NC(=O)[C@H](C)OC(=O)c1cccc(OCC(C)C)c1. The molecule has 0 radical (unpaired) electrons. The zero-order valence-corrected chi connectivity index (χ0v) is 13.7. The molecule has 0 aromatic heterocycles. The first-order chi connectivity index (χ1) is 10.8. The summed E-state index contributed by atoms with van der Waals surface area (Å²) < 4.78 is 10.6. The van der Waals surface area contributed by atoms with E-state index in [1.165, 1.54) is 14.0 Å². The molecule has 1 atom stereocenters. The van der Waals surface area contributed by atoms with Gasteiger partial charge in [-0.25, -0.2) is 9.59 Å². The molecule has 0 spiro atoms. The standard InChI is InChI=1S/C16H22N2O5/c1-10(2)9-22-13-7-5-6-12(8-13)15(20)23-11(3)14(19)18-16(21)17-4/h5-8,10-11H,9H2,1-4H3,(H2,17,18,19,21)/t11-/m0/s1. The number of benzene rings is 1. The maximum atomic E-state index is 12.0. The van der Waals surface area contributed by atoms with Gasteiger partial charge in [-0.05, 0) is 31.0 Å². The number of amides is 3. The van der Waals surface area contributed by atoms with Crippen LogP contribution in [-0.4, -0.2) is 37.7 Å². The van der Waals surface area contributed by atoms with Crippen molar-refractivity contribution in [1.82, 2.24) is 10.6 Å². The summed E-state index contributed by atoms with van der Waals surface area (Å²) in [5.41, 5.74) is 0.269. The monoisotopic (exact) mass is 322 g/mol. The van der Waals surface area contributed by atoms with E-state index in [4.69, 9.17) is 9.47 Å². The molecule has 0 aliphatic rings. The molecule has 126 valence electrons. The molecule has 0 fully saturated rings. The lowest BCUT2D eigenvalue weighted by molar-refractivity contribution is -0.127. The van der Waals surface area contributed by atoms with Gasteiger partial charge in [0.25, 0.3) is 5.91 Å². The van der Waals surface area contributed by atoms with Crippen LogP contribution in [0.5, 0.6) is 5.75 Å². The van der Waals surface area contributed by atoms with Crippen LogP contribution < -0.4 is 15.4 Å². The second-order valence-corrected chi connectivity index (χ2v) is 5.35. The van der Waals surface area contributed by atoms with E-state index in [-0.39, 0.29) is 5.56 Å². The summed E-state index contributed by atoms with van der Waals surface area (Å²) in [5.74, 6) is -0.459.